The monoisotopic (exact) mass is 244 g/mol. The highest BCUT2D eigenvalue weighted by Gasteiger charge is 2.18. The number of amides is 1. The number of carbonyl (C=O) groups is 1. The number of hydrogen-bond acceptors (Lipinski definition) is 4. The Labute approximate surface area is 103 Å². The molecule has 1 atom stereocenters. The molecule has 5 nitrogen and oxygen atoms in total. The fourth-order valence-electron chi connectivity index (χ4n) is 1.96. The van der Waals surface area contributed by atoms with Gasteiger partial charge < -0.3 is 20.1 Å². The lowest BCUT2D eigenvalue weighted by atomic mass is 10.1. The second kappa shape index (κ2) is 8.44. The van der Waals surface area contributed by atoms with Gasteiger partial charge in [0.05, 0.1) is 6.54 Å². The van der Waals surface area contributed by atoms with E-state index in [2.05, 4.69) is 10.6 Å². The highest BCUT2D eigenvalue weighted by atomic mass is 16.7. The van der Waals surface area contributed by atoms with Crippen LogP contribution in [0.4, 0.5) is 0 Å². The first kappa shape index (κ1) is 14.4. The second-order valence-corrected chi connectivity index (χ2v) is 4.14. The zero-order valence-electron chi connectivity index (χ0n) is 10.8. The number of hydrogen-bond donors (Lipinski definition) is 2. The van der Waals surface area contributed by atoms with Gasteiger partial charge in [0.25, 0.3) is 0 Å². The van der Waals surface area contributed by atoms with Crippen LogP contribution in [0.3, 0.4) is 0 Å². The maximum Gasteiger partial charge on any atom is 0.221 e. The predicted molar refractivity (Wildman–Crippen MR) is 65.7 cm³/mol. The van der Waals surface area contributed by atoms with Crippen LogP contribution in [-0.4, -0.2) is 44.5 Å². The van der Waals surface area contributed by atoms with Gasteiger partial charge in [-0.15, -0.1) is 0 Å². The normalized spacial score (nSPS) is 19.8. The van der Waals surface area contributed by atoms with Crippen molar-refractivity contribution in [1.29, 1.82) is 0 Å². The molecule has 100 valence electrons. The second-order valence-electron chi connectivity index (χ2n) is 4.14. The Bertz CT molecular complexity index is 212. The van der Waals surface area contributed by atoms with Crippen molar-refractivity contribution in [3.05, 3.63) is 0 Å². The van der Waals surface area contributed by atoms with Crippen molar-refractivity contribution >= 4 is 5.91 Å². The molecule has 1 heterocycles. The summed E-state index contributed by atoms with van der Waals surface area (Å²) in [5.41, 5.74) is 0. The Hall–Kier alpha value is -0.650. The predicted octanol–water partition coefficient (Wildman–Crippen LogP) is 0.644. The van der Waals surface area contributed by atoms with Gasteiger partial charge >= 0.3 is 0 Å². The zero-order valence-corrected chi connectivity index (χ0v) is 10.8. The van der Waals surface area contributed by atoms with Crippen molar-refractivity contribution in [3.8, 4) is 0 Å². The summed E-state index contributed by atoms with van der Waals surface area (Å²) in [7, 11) is 0. The van der Waals surface area contributed by atoms with Gasteiger partial charge in [0.1, 0.15) is 0 Å². The molecule has 0 spiro atoms. The van der Waals surface area contributed by atoms with Crippen molar-refractivity contribution in [2.75, 3.05) is 26.3 Å². The minimum Gasteiger partial charge on any atom is -0.351 e. The smallest absolute Gasteiger partial charge is 0.221 e. The molecule has 1 unspecified atom stereocenters. The van der Waals surface area contributed by atoms with Crippen LogP contribution in [0.25, 0.3) is 0 Å². The molecule has 0 bridgehead atoms. The average Bonchev–Trinajstić information content (AvgIpc) is 2.79. The van der Waals surface area contributed by atoms with Gasteiger partial charge in [0.2, 0.25) is 5.91 Å². The van der Waals surface area contributed by atoms with Crippen molar-refractivity contribution in [3.63, 3.8) is 0 Å². The zero-order chi connectivity index (χ0) is 12.5. The van der Waals surface area contributed by atoms with Crippen LogP contribution in [0.15, 0.2) is 0 Å². The van der Waals surface area contributed by atoms with Crippen molar-refractivity contribution in [1.82, 2.24) is 10.6 Å². The van der Waals surface area contributed by atoms with E-state index in [1.54, 1.807) is 0 Å². The molecule has 1 amide bonds. The van der Waals surface area contributed by atoms with Crippen LogP contribution in [0, 0.1) is 0 Å². The summed E-state index contributed by atoms with van der Waals surface area (Å²) in [6.07, 6.45) is 2.47. The Balaban J connectivity index is 2.15. The average molecular weight is 244 g/mol. The van der Waals surface area contributed by atoms with Crippen molar-refractivity contribution in [2.24, 2.45) is 0 Å². The first-order valence-electron chi connectivity index (χ1n) is 6.49. The Morgan fingerprint density at radius 1 is 1.41 bits per heavy atom. The third kappa shape index (κ3) is 6.00. The lowest BCUT2D eigenvalue weighted by molar-refractivity contribution is -0.140. The van der Waals surface area contributed by atoms with Gasteiger partial charge in [-0.25, -0.2) is 0 Å². The Kier molecular flexibility index (Phi) is 7.16. The highest BCUT2D eigenvalue weighted by molar-refractivity contribution is 5.76. The molecule has 1 fully saturated rings. The maximum absolute atomic E-state index is 11.6. The molecular weight excluding hydrogens is 220 g/mol. The molecule has 1 saturated heterocycles. The first-order chi connectivity index (χ1) is 8.26. The molecule has 0 aromatic rings. The quantitative estimate of drug-likeness (QED) is 0.615. The number of ether oxygens (including phenoxy) is 2. The molecule has 1 aliphatic rings. The Morgan fingerprint density at radius 2 is 2.12 bits per heavy atom. The SMILES string of the molecule is CCOC(CNC(=O)CC1CCCN1)OCC. The van der Waals surface area contributed by atoms with E-state index >= 15 is 0 Å². The van der Waals surface area contributed by atoms with Crippen molar-refractivity contribution in [2.45, 2.75) is 45.4 Å². The van der Waals surface area contributed by atoms with Crippen LogP contribution in [-0.2, 0) is 14.3 Å². The van der Waals surface area contributed by atoms with Gasteiger partial charge in [-0.3, -0.25) is 4.79 Å². The van der Waals surface area contributed by atoms with E-state index in [0.29, 0.717) is 32.2 Å². The largest absolute Gasteiger partial charge is 0.351 e. The van der Waals surface area contributed by atoms with E-state index in [0.717, 1.165) is 13.0 Å². The summed E-state index contributed by atoms with van der Waals surface area (Å²) in [5, 5.41) is 6.15. The molecule has 1 rings (SSSR count). The van der Waals surface area contributed by atoms with E-state index in [9.17, 15) is 4.79 Å². The third-order valence-electron chi connectivity index (χ3n) is 2.77. The van der Waals surface area contributed by atoms with Gasteiger partial charge in [0.15, 0.2) is 6.29 Å². The number of nitrogens with one attached hydrogen (secondary N) is 2. The van der Waals surface area contributed by atoms with Crippen LogP contribution in [0.1, 0.15) is 33.1 Å². The molecule has 17 heavy (non-hydrogen) atoms. The molecule has 0 aromatic carbocycles. The molecule has 2 N–H and O–H groups in total. The van der Waals surface area contributed by atoms with E-state index < -0.39 is 0 Å². The third-order valence-corrected chi connectivity index (χ3v) is 2.77. The molecule has 0 aliphatic carbocycles. The van der Waals surface area contributed by atoms with Crippen LogP contribution < -0.4 is 10.6 Å². The van der Waals surface area contributed by atoms with E-state index in [1.165, 1.54) is 6.42 Å². The van der Waals surface area contributed by atoms with Gasteiger partial charge in [-0.2, -0.15) is 0 Å². The lowest BCUT2D eigenvalue weighted by Crippen LogP contribution is -2.38. The highest BCUT2D eigenvalue weighted by Crippen LogP contribution is 2.08. The molecule has 1 aliphatic heterocycles. The topological polar surface area (TPSA) is 59.6 Å². The molecule has 5 heteroatoms. The number of rotatable bonds is 8. The maximum atomic E-state index is 11.6. The van der Waals surface area contributed by atoms with Gasteiger partial charge in [0, 0.05) is 25.7 Å². The molecule has 0 aromatic heterocycles. The van der Waals surface area contributed by atoms with E-state index in [4.69, 9.17) is 9.47 Å². The molecule has 0 saturated carbocycles. The van der Waals surface area contributed by atoms with E-state index in [-0.39, 0.29) is 12.2 Å². The summed E-state index contributed by atoms with van der Waals surface area (Å²) in [6, 6.07) is 0.340. The Morgan fingerprint density at radius 3 is 2.65 bits per heavy atom. The van der Waals surface area contributed by atoms with Crippen LogP contribution in [0.5, 0.6) is 0 Å². The van der Waals surface area contributed by atoms with Crippen molar-refractivity contribution < 1.29 is 14.3 Å². The van der Waals surface area contributed by atoms with Crippen LogP contribution >= 0.6 is 0 Å². The van der Waals surface area contributed by atoms with Crippen LogP contribution in [0.2, 0.25) is 0 Å². The summed E-state index contributed by atoms with van der Waals surface area (Å²) in [5.74, 6) is 0.0637. The fourth-order valence-corrected chi connectivity index (χ4v) is 1.96. The van der Waals surface area contributed by atoms with Gasteiger partial charge in [-0.1, -0.05) is 0 Å². The fraction of sp³-hybridized carbons (Fsp3) is 0.917. The molecular formula is C12H24N2O3. The van der Waals surface area contributed by atoms with E-state index in [1.807, 2.05) is 13.8 Å². The first-order valence-corrected chi connectivity index (χ1v) is 6.49. The summed E-state index contributed by atoms with van der Waals surface area (Å²) < 4.78 is 10.7. The summed E-state index contributed by atoms with van der Waals surface area (Å²) in [4.78, 5) is 11.6. The van der Waals surface area contributed by atoms with Gasteiger partial charge in [-0.05, 0) is 33.2 Å². The summed E-state index contributed by atoms with van der Waals surface area (Å²) in [6.45, 7) is 6.45. The minimum atomic E-state index is -0.328. The number of carbonyl (C=O) groups excluding carboxylic acids is 1. The standard InChI is InChI=1S/C12H24N2O3/c1-3-16-12(17-4-2)9-14-11(15)8-10-6-5-7-13-10/h10,12-13H,3-9H2,1-2H3,(H,14,15). The lowest BCUT2D eigenvalue weighted by Gasteiger charge is -2.18. The minimum absolute atomic E-state index is 0.0637. The summed E-state index contributed by atoms with van der Waals surface area (Å²) >= 11 is 0. The molecule has 0 radical (unpaired) electrons.